The summed E-state index contributed by atoms with van der Waals surface area (Å²) in [7, 11) is 3.10. The predicted molar refractivity (Wildman–Crippen MR) is 136 cm³/mol. The number of hydrogen-bond acceptors (Lipinski definition) is 6. The van der Waals surface area contributed by atoms with Crippen molar-refractivity contribution in [1.29, 1.82) is 0 Å². The minimum absolute atomic E-state index is 0.0267. The number of aromatic nitrogens is 1. The Morgan fingerprint density at radius 3 is 2.54 bits per heavy atom. The average molecular weight is 494 g/mol. The third-order valence-electron chi connectivity index (χ3n) is 5.15. The van der Waals surface area contributed by atoms with E-state index in [1.807, 2.05) is 0 Å². The van der Waals surface area contributed by atoms with Gasteiger partial charge in [-0.25, -0.2) is 0 Å². The molecule has 0 saturated carbocycles. The van der Waals surface area contributed by atoms with Crippen molar-refractivity contribution in [3.63, 3.8) is 0 Å². The van der Waals surface area contributed by atoms with Crippen LogP contribution in [0.15, 0.2) is 60.5 Å². The third kappa shape index (κ3) is 6.24. The highest BCUT2D eigenvalue weighted by atomic mass is 35.5. The highest BCUT2D eigenvalue weighted by Gasteiger charge is 2.17. The van der Waals surface area contributed by atoms with Crippen molar-refractivity contribution in [2.75, 3.05) is 26.0 Å². The Morgan fingerprint density at radius 2 is 1.89 bits per heavy atom. The van der Waals surface area contributed by atoms with Gasteiger partial charge in [-0.3, -0.25) is 19.2 Å². The normalized spacial score (nSPS) is 11.8. The van der Waals surface area contributed by atoms with Gasteiger partial charge < -0.3 is 19.9 Å². The lowest BCUT2D eigenvalue weighted by Gasteiger charge is -2.19. The Hall–Kier alpha value is -4.17. The van der Waals surface area contributed by atoms with Crippen LogP contribution in [0.1, 0.15) is 33.3 Å². The maximum Gasteiger partial charge on any atom is 0.243 e. The summed E-state index contributed by atoms with van der Waals surface area (Å²) in [6.07, 6.45) is 4.16. The molecule has 0 radical (unpaired) electrons. The second-order valence-corrected chi connectivity index (χ2v) is 8.20. The number of fused-ring (bicyclic) bond motifs is 1. The van der Waals surface area contributed by atoms with E-state index in [1.165, 1.54) is 20.1 Å². The summed E-state index contributed by atoms with van der Waals surface area (Å²) >= 11 is 6.14. The number of carbonyl (C=O) groups is 4. The molecule has 1 amide bonds. The maximum atomic E-state index is 12.6. The number of allylic oxidation sites excluding steroid dienone is 2. The summed E-state index contributed by atoms with van der Waals surface area (Å²) in [4.78, 5) is 51.6. The molecule has 0 atom stereocenters. The lowest BCUT2D eigenvalue weighted by atomic mass is 9.96. The lowest BCUT2D eigenvalue weighted by Crippen LogP contribution is -2.27. The molecule has 8 nitrogen and oxygen atoms in total. The number of halogens is 1. The van der Waals surface area contributed by atoms with E-state index in [9.17, 15) is 19.2 Å². The smallest absolute Gasteiger partial charge is 0.243 e. The fraction of sp³-hybridized carbons (Fsp3) is 0.154. The Bertz CT molecular complexity index is 1360. The Kier molecular flexibility index (Phi) is 8.22. The van der Waals surface area contributed by atoms with Crippen molar-refractivity contribution in [2.24, 2.45) is 0 Å². The number of likely N-dealkylation sites (N-methyl/N-ethyl adjacent to an activating group) is 1. The van der Waals surface area contributed by atoms with Gasteiger partial charge in [0.15, 0.2) is 12.1 Å². The van der Waals surface area contributed by atoms with Crippen LogP contribution in [-0.4, -0.2) is 54.8 Å². The molecule has 2 N–H and O–H groups in total. The van der Waals surface area contributed by atoms with Crippen molar-refractivity contribution >= 4 is 58.0 Å². The molecular formula is C26H24ClN3O5. The number of benzene rings is 2. The quantitative estimate of drug-likeness (QED) is 0.142. The summed E-state index contributed by atoms with van der Waals surface area (Å²) in [5, 5.41) is 4.01. The average Bonchev–Trinajstić information content (AvgIpc) is 3.23. The van der Waals surface area contributed by atoms with Gasteiger partial charge in [0.05, 0.1) is 19.3 Å². The van der Waals surface area contributed by atoms with E-state index >= 15 is 0 Å². The largest absolute Gasteiger partial charge is 0.495 e. The SMILES string of the molecule is COC(=C/N(C)CC(=O)Nc1ccc2[nH]c(C=O)cc2c1)/C(=C\C=O)c1cc(Cl)ccc1C(C)=O. The summed E-state index contributed by atoms with van der Waals surface area (Å²) in [5.41, 5.74) is 2.99. The van der Waals surface area contributed by atoms with Gasteiger partial charge in [0.2, 0.25) is 5.91 Å². The van der Waals surface area contributed by atoms with Gasteiger partial charge >= 0.3 is 0 Å². The molecule has 9 heteroatoms. The maximum absolute atomic E-state index is 12.6. The van der Waals surface area contributed by atoms with Gasteiger partial charge in [-0.2, -0.15) is 0 Å². The van der Waals surface area contributed by atoms with Crippen LogP contribution in [0.25, 0.3) is 16.5 Å². The van der Waals surface area contributed by atoms with Gasteiger partial charge in [0.1, 0.15) is 12.0 Å². The number of carbonyl (C=O) groups excluding carboxylic acids is 4. The zero-order chi connectivity index (χ0) is 25.5. The van der Waals surface area contributed by atoms with Gasteiger partial charge in [-0.05, 0) is 61.0 Å². The van der Waals surface area contributed by atoms with E-state index in [1.54, 1.807) is 60.6 Å². The van der Waals surface area contributed by atoms with Crippen molar-refractivity contribution in [3.8, 4) is 0 Å². The van der Waals surface area contributed by atoms with E-state index < -0.39 is 0 Å². The molecule has 0 unspecified atom stereocenters. The van der Waals surface area contributed by atoms with Crippen LogP contribution in [0, 0.1) is 0 Å². The van der Waals surface area contributed by atoms with E-state index in [2.05, 4.69) is 10.3 Å². The Balaban J connectivity index is 1.81. The van der Waals surface area contributed by atoms with Crippen LogP contribution in [0.2, 0.25) is 5.02 Å². The Morgan fingerprint density at radius 1 is 1.11 bits per heavy atom. The molecule has 35 heavy (non-hydrogen) atoms. The van der Waals surface area contributed by atoms with E-state index in [0.717, 1.165) is 17.2 Å². The van der Waals surface area contributed by atoms with E-state index in [0.29, 0.717) is 39.4 Å². The monoisotopic (exact) mass is 493 g/mol. The topological polar surface area (TPSA) is 109 Å². The number of rotatable bonds is 10. The first-order valence-electron chi connectivity index (χ1n) is 10.6. The van der Waals surface area contributed by atoms with Gasteiger partial charge in [0.25, 0.3) is 0 Å². The number of methoxy groups -OCH3 is 1. The van der Waals surface area contributed by atoms with Crippen LogP contribution < -0.4 is 5.32 Å². The zero-order valence-corrected chi connectivity index (χ0v) is 20.2. The fourth-order valence-electron chi connectivity index (χ4n) is 3.62. The minimum atomic E-state index is -0.294. The van der Waals surface area contributed by atoms with Crippen molar-refractivity contribution in [1.82, 2.24) is 9.88 Å². The fourth-order valence-corrected chi connectivity index (χ4v) is 3.79. The number of amides is 1. The number of hydrogen-bond donors (Lipinski definition) is 2. The second-order valence-electron chi connectivity index (χ2n) is 7.77. The number of Topliss-reactive ketones (excluding diaryl/α,β-unsaturated/α-hetero) is 1. The highest BCUT2D eigenvalue weighted by molar-refractivity contribution is 6.31. The number of aromatic amines is 1. The number of nitrogens with one attached hydrogen (secondary N) is 2. The van der Waals surface area contributed by atoms with Gasteiger partial charge in [0, 0.05) is 46.0 Å². The number of ketones is 1. The zero-order valence-electron chi connectivity index (χ0n) is 19.4. The van der Waals surface area contributed by atoms with Gasteiger partial charge in [-0.15, -0.1) is 0 Å². The molecule has 0 aliphatic heterocycles. The van der Waals surface area contributed by atoms with Crippen LogP contribution in [-0.2, 0) is 14.3 Å². The first kappa shape index (κ1) is 25.5. The van der Waals surface area contributed by atoms with Crippen LogP contribution in [0.5, 0.6) is 0 Å². The van der Waals surface area contributed by atoms with Crippen LogP contribution in [0.3, 0.4) is 0 Å². The number of nitrogens with zero attached hydrogens (tertiary/aromatic N) is 1. The molecule has 3 rings (SSSR count). The predicted octanol–water partition coefficient (Wildman–Crippen LogP) is 4.48. The molecule has 0 fully saturated rings. The highest BCUT2D eigenvalue weighted by Crippen LogP contribution is 2.29. The molecule has 1 heterocycles. The molecule has 0 saturated heterocycles. The van der Waals surface area contributed by atoms with E-state index in [4.69, 9.17) is 16.3 Å². The van der Waals surface area contributed by atoms with E-state index in [-0.39, 0.29) is 24.0 Å². The van der Waals surface area contributed by atoms with Crippen molar-refractivity contribution < 1.29 is 23.9 Å². The molecule has 0 bridgehead atoms. The third-order valence-corrected chi connectivity index (χ3v) is 5.39. The number of anilines is 1. The molecular weight excluding hydrogens is 470 g/mol. The minimum Gasteiger partial charge on any atom is -0.495 e. The standard InChI is InChI=1S/C26H24ClN3O5/c1-16(33)21-6-4-18(27)12-23(21)22(8-9-31)25(35-3)13-30(2)14-26(34)29-19-5-7-24-17(10-19)11-20(15-32)28-24/h4-13,15,28H,14H2,1-3H3,(H,29,34)/b22-8-,25-13+. The first-order chi connectivity index (χ1) is 16.7. The molecule has 0 aliphatic carbocycles. The summed E-state index contributed by atoms with van der Waals surface area (Å²) in [5.74, 6) is -0.221. The summed E-state index contributed by atoms with van der Waals surface area (Å²) < 4.78 is 5.50. The van der Waals surface area contributed by atoms with Crippen LogP contribution in [0.4, 0.5) is 5.69 Å². The lowest BCUT2D eigenvalue weighted by molar-refractivity contribution is -0.116. The number of aldehydes is 2. The van der Waals surface area contributed by atoms with Crippen LogP contribution >= 0.6 is 11.6 Å². The number of ether oxygens (including phenoxy) is 1. The molecule has 1 aromatic heterocycles. The Labute approximate surface area is 207 Å². The van der Waals surface area contributed by atoms with Crippen molar-refractivity contribution in [2.45, 2.75) is 6.92 Å². The molecule has 0 spiro atoms. The molecule has 2 aromatic carbocycles. The summed E-state index contributed by atoms with van der Waals surface area (Å²) in [6, 6.07) is 11.7. The first-order valence-corrected chi connectivity index (χ1v) is 10.9. The molecule has 3 aromatic rings. The summed E-state index contributed by atoms with van der Waals surface area (Å²) in [6.45, 7) is 1.39. The number of H-pyrrole nitrogens is 1. The second kappa shape index (κ2) is 11.3. The van der Waals surface area contributed by atoms with Gasteiger partial charge in [-0.1, -0.05) is 11.6 Å². The van der Waals surface area contributed by atoms with Crippen molar-refractivity contribution in [3.05, 3.63) is 82.3 Å². The molecule has 0 aliphatic rings. The molecule has 180 valence electrons.